The summed E-state index contributed by atoms with van der Waals surface area (Å²) in [5, 5.41) is 3.21. The topological polar surface area (TPSA) is 29.1 Å². The molecule has 110 valence electrons. The van der Waals surface area contributed by atoms with E-state index in [1.54, 1.807) is 11.8 Å². The van der Waals surface area contributed by atoms with Crippen LogP contribution < -0.4 is 5.32 Å². The third-order valence-electron chi connectivity index (χ3n) is 4.24. The van der Waals surface area contributed by atoms with Crippen molar-refractivity contribution in [1.82, 2.24) is 5.32 Å². The average molecular weight is 356 g/mol. The number of thioether (sulfide) groups is 1. The van der Waals surface area contributed by atoms with Crippen LogP contribution in [0.2, 0.25) is 0 Å². The zero-order valence-corrected chi connectivity index (χ0v) is 14.5. The van der Waals surface area contributed by atoms with Crippen LogP contribution in [-0.4, -0.2) is 17.7 Å². The lowest BCUT2D eigenvalue weighted by Gasteiger charge is -2.34. The van der Waals surface area contributed by atoms with Crippen LogP contribution in [0.15, 0.2) is 33.6 Å². The quantitative estimate of drug-likeness (QED) is 0.806. The first-order valence-corrected chi connectivity index (χ1v) is 9.02. The predicted octanol–water partition coefficient (Wildman–Crippen LogP) is 4.48. The normalized spacial score (nSPS) is 26.2. The van der Waals surface area contributed by atoms with Crippen LogP contribution >= 0.6 is 27.7 Å². The van der Waals surface area contributed by atoms with E-state index in [4.69, 9.17) is 0 Å². The Balaban J connectivity index is 1.79. The van der Waals surface area contributed by atoms with Crippen molar-refractivity contribution in [2.75, 3.05) is 5.75 Å². The minimum absolute atomic E-state index is 0.156. The molecule has 1 fully saturated rings. The lowest BCUT2D eigenvalue weighted by molar-refractivity contribution is -0.119. The van der Waals surface area contributed by atoms with Crippen molar-refractivity contribution in [3.05, 3.63) is 28.7 Å². The van der Waals surface area contributed by atoms with E-state index >= 15 is 0 Å². The summed E-state index contributed by atoms with van der Waals surface area (Å²) in [5.74, 6) is 1.96. The van der Waals surface area contributed by atoms with Gasteiger partial charge >= 0.3 is 0 Å². The monoisotopic (exact) mass is 355 g/mol. The molecule has 0 aromatic heterocycles. The van der Waals surface area contributed by atoms with E-state index in [2.05, 4.69) is 35.1 Å². The molecule has 1 aromatic rings. The van der Waals surface area contributed by atoms with Gasteiger partial charge in [-0.05, 0) is 42.5 Å². The number of carbonyl (C=O) groups is 1. The Morgan fingerprint density at radius 1 is 1.30 bits per heavy atom. The highest BCUT2D eigenvalue weighted by Gasteiger charge is 2.27. The molecule has 20 heavy (non-hydrogen) atoms. The highest BCUT2D eigenvalue weighted by molar-refractivity contribution is 9.10. The molecule has 1 aliphatic rings. The molecule has 0 spiro atoms. The fraction of sp³-hybridized carbons (Fsp3) is 0.562. The maximum absolute atomic E-state index is 12.1. The molecule has 1 aliphatic carbocycles. The van der Waals surface area contributed by atoms with Gasteiger partial charge in [0.05, 0.1) is 5.75 Å². The molecule has 4 heteroatoms. The van der Waals surface area contributed by atoms with Crippen LogP contribution in [0.3, 0.4) is 0 Å². The van der Waals surface area contributed by atoms with Crippen LogP contribution in [0.1, 0.15) is 33.1 Å². The second-order valence-corrected chi connectivity index (χ2v) is 7.65. The van der Waals surface area contributed by atoms with Gasteiger partial charge in [-0.3, -0.25) is 4.79 Å². The van der Waals surface area contributed by atoms with Gasteiger partial charge in [-0.1, -0.05) is 42.6 Å². The van der Waals surface area contributed by atoms with E-state index in [1.807, 2.05) is 24.3 Å². The summed E-state index contributed by atoms with van der Waals surface area (Å²) in [4.78, 5) is 13.2. The molecule has 1 aromatic carbocycles. The molecule has 1 amide bonds. The number of benzene rings is 1. The van der Waals surface area contributed by atoms with Gasteiger partial charge in [0.15, 0.2) is 0 Å². The fourth-order valence-corrected chi connectivity index (χ4v) is 3.69. The zero-order chi connectivity index (χ0) is 14.5. The average Bonchev–Trinajstić information content (AvgIpc) is 2.43. The minimum atomic E-state index is 0.156. The first kappa shape index (κ1) is 15.9. The Labute approximate surface area is 134 Å². The van der Waals surface area contributed by atoms with Crippen LogP contribution in [0, 0.1) is 11.8 Å². The van der Waals surface area contributed by atoms with E-state index < -0.39 is 0 Å². The largest absolute Gasteiger partial charge is 0.352 e. The van der Waals surface area contributed by atoms with Crippen molar-refractivity contribution in [2.24, 2.45) is 11.8 Å². The molecule has 2 rings (SSSR count). The minimum Gasteiger partial charge on any atom is -0.352 e. The molecule has 1 N–H and O–H groups in total. The summed E-state index contributed by atoms with van der Waals surface area (Å²) in [6.45, 7) is 4.55. The summed E-state index contributed by atoms with van der Waals surface area (Å²) in [6, 6.07) is 8.44. The number of hydrogen-bond acceptors (Lipinski definition) is 2. The molecule has 0 aliphatic heterocycles. The Hall–Kier alpha value is -0.480. The van der Waals surface area contributed by atoms with Gasteiger partial charge in [0.25, 0.3) is 0 Å². The number of amides is 1. The molecule has 3 unspecified atom stereocenters. The van der Waals surface area contributed by atoms with Gasteiger partial charge in [-0.15, -0.1) is 11.8 Å². The molecular formula is C16H22BrNOS. The van der Waals surface area contributed by atoms with E-state index in [0.717, 1.165) is 15.8 Å². The first-order chi connectivity index (χ1) is 9.56. The predicted molar refractivity (Wildman–Crippen MR) is 89.0 cm³/mol. The third-order valence-corrected chi connectivity index (χ3v) is 5.78. The van der Waals surface area contributed by atoms with Gasteiger partial charge in [-0.25, -0.2) is 0 Å². The van der Waals surface area contributed by atoms with Crippen LogP contribution in [0.25, 0.3) is 0 Å². The highest BCUT2D eigenvalue weighted by Crippen LogP contribution is 2.29. The number of halogens is 1. The molecule has 0 heterocycles. The summed E-state index contributed by atoms with van der Waals surface area (Å²) >= 11 is 5.01. The summed E-state index contributed by atoms with van der Waals surface area (Å²) in [7, 11) is 0. The molecule has 3 atom stereocenters. The van der Waals surface area contributed by atoms with Crippen molar-refractivity contribution in [3.63, 3.8) is 0 Å². The lowest BCUT2D eigenvalue weighted by atomic mass is 9.78. The second-order valence-electron chi connectivity index (χ2n) is 5.68. The second kappa shape index (κ2) is 7.51. The van der Waals surface area contributed by atoms with Crippen molar-refractivity contribution >= 4 is 33.6 Å². The molecule has 0 radical (unpaired) electrons. The van der Waals surface area contributed by atoms with E-state index in [9.17, 15) is 4.79 Å². The van der Waals surface area contributed by atoms with E-state index in [1.165, 1.54) is 12.8 Å². The van der Waals surface area contributed by atoms with Gasteiger partial charge in [0, 0.05) is 15.4 Å². The van der Waals surface area contributed by atoms with Crippen LogP contribution in [-0.2, 0) is 4.79 Å². The van der Waals surface area contributed by atoms with Crippen molar-refractivity contribution in [1.29, 1.82) is 0 Å². The molecule has 0 bridgehead atoms. The Morgan fingerprint density at radius 3 is 2.70 bits per heavy atom. The SMILES string of the molecule is CC1CCCC(NC(=O)CSc2ccc(Br)cc2)C1C. The molecule has 2 nitrogen and oxygen atoms in total. The lowest BCUT2D eigenvalue weighted by Crippen LogP contribution is -2.44. The molecule has 1 saturated carbocycles. The zero-order valence-electron chi connectivity index (χ0n) is 12.1. The van der Waals surface area contributed by atoms with Crippen LogP contribution in [0.5, 0.6) is 0 Å². The smallest absolute Gasteiger partial charge is 0.230 e. The first-order valence-electron chi connectivity index (χ1n) is 7.24. The van der Waals surface area contributed by atoms with Gasteiger partial charge in [0.2, 0.25) is 5.91 Å². The third kappa shape index (κ3) is 4.52. The van der Waals surface area contributed by atoms with Gasteiger partial charge in [-0.2, -0.15) is 0 Å². The van der Waals surface area contributed by atoms with Crippen molar-refractivity contribution in [2.45, 2.75) is 44.0 Å². The standard InChI is InChI=1S/C16H22BrNOS/c1-11-4-3-5-15(12(11)2)18-16(19)10-20-14-8-6-13(17)7-9-14/h6-9,11-12,15H,3-5,10H2,1-2H3,(H,18,19). The number of rotatable bonds is 4. The van der Waals surface area contributed by atoms with E-state index in [-0.39, 0.29) is 5.91 Å². The van der Waals surface area contributed by atoms with Gasteiger partial charge < -0.3 is 5.32 Å². The number of hydrogen-bond donors (Lipinski definition) is 1. The maximum Gasteiger partial charge on any atom is 0.230 e. The highest BCUT2D eigenvalue weighted by atomic mass is 79.9. The van der Waals surface area contributed by atoms with Crippen molar-refractivity contribution in [3.8, 4) is 0 Å². The molecule has 0 saturated heterocycles. The fourth-order valence-electron chi connectivity index (χ4n) is 2.71. The van der Waals surface area contributed by atoms with Gasteiger partial charge in [0.1, 0.15) is 0 Å². The van der Waals surface area contributed by atoms with Crippen molar-refractivity contribution < 1.29 is 4.79 Å². The Bertz CT molecular complexity index is 448. The summed E-state index contributed by atoms with van der Waals surface area (Å²) < 4.78 is 1.07. The van der Waals surface area contributed by atoms with E-state index in [0.29, 0.717) is 23.6 Å². The number of carbonyl (C=O) groups excluding carboxylic acids is 1. The maximum atomic E-state index is 12.1. The Morgan fingerprint density at radius 2 is 2.00 bits per heavy atom. The molecular weight excluding hydrogens is 334 g/mol. The number of nitrogens with one attached hydrogen (secondary N) is 1. The summed E-state index contributed by atoms with van der Waals surface area (Å²) in [5.41, 5.74) is 0. The summed E-state index contributed by atoms with van der Waals surface area (Å²) in [6.07, 6.45) is 3.65. The Kier molecular flexibility index (Phi) is 5.97. The van der Waals surface area contributed by atoms with Crippen LogP contribution in [0.4, 0.5) is 0 Å².